The standard InChI is InChI=1S/C11H16O4/c1-3-5-6-14-10(12)7-15-11(4-2)8-13-9-11/h2H,3,5-9H2,1H3. The van der Waals surface area contributed by atoms with E-state index in [0.29, 0.717) is 19.8 Å². The highest BCUT2D eigenvalue weighted by atomic mass is 16.6. The highest BCUT2D eigenvalue weighted by Crippen LogP contribution is 2.20. The molecule has 15 heavy (non-hydrogen) atoms. The van der Waals surface area contributed by atoms with Crippen LogP contribution in [0.15, 0.2) is 0 Å². The van der Waals surface area contributed by atoms with Crippen molar-refractivity contribution in [3.8, 4) is 12.3 Å². The van der Waals surface area contributed by atoms with Crippen molar-refractivity contribution in [2.75, 3.05) is 26.4 Å². The fourth-order valence-electron chi connectivity index (χ4n) is 1.06. The van der Waals surface area contributed by atoms with E-state index >= 15 is 0 Å². The van der Waals surface area contributed by atoms with Crippen LogP contribution in [0, 0.1) is 12.3 Å². The summed E-state index contributed by atoms with van der Waals surface area (Å²) in [4.78, 5) is 11.2. The van der Waals surface area contributed by atoms with Crippen LogP contribution < -0.4 is 0 Å². The lowest BCUT2D eigenvalue weighted by molar-refractivity contribution is -0.188. The Kier molecular flexibility index (Phi) is 4.60. The highest BCUT2D eigenvalue weighted by Gasteiger charge is 2.38. The molecule has 4 nitrogen and oxygen atoms in total. The number of esters is 1. The molecule has 0 atom stereocenters. The fourth-order valence-corrected chi connectivity index (χ4v) is 1.06. The first-order valence-corrected chi connectivity index (χ1v) is 5.07. The second-order valence-corrected chi connectivity index (χ2v) is 3.49. The zero-order chi connectivity index (χ0) is 11.1. The molecule has 84 valence electrons. The van der Waals surface area contributed by atoms with Gasteiger partial charge in [0.2, 0.25) is 0 Å². The molecule has 4 heteroatoms. The van der Waals surface area contributed by atoms with Gasteiger partial charge in [-0.2, -0.15) is 0 Å². The third-order valence-corrected chi connectivity index (χ3v) is 2.16. The summed E-state index contributed by atoms with van der Waals surface area (Å²) in [6, 6.07) is 0. The Hall–Kier alpha value is -1.05. The molecular formula is C11H16O4. The van der Waals surface area contributed by atoms with Crippen LogP contribution in [0.1, 0.15) is 19.8 Å². The van der Waals surface area contributed by atoms with E-state index in [1.54, 1.807) is 0 Å². The summed E-state index contributed by atoms with van der Waals surface area (Å²) in [5.41, 5.74) is -0.705. The summed E-state index contributed by atoms with van der Waals surface area (Å²) in [6.07, 6.45) is 7.14. The van der Waals surface area contributed by atoms with E-state index in [2.05, 4.69) is 5.92 Å². The first-order chi connectivity index (χ1) is 7.22. The maximum atomic E-state index is 11.2. The maximum Gasteiger partial charge on any atom is 0.332 e. The van der Waals surface area contributed by atoms with Gasteiger partial charge < -0.3 is 14.2 Å². The van der Waals surface area contributed by atoms with Gasteiger partial charge in [-0.15, -0.1) is 6.42 Å². The first kappa shape index (κ1) is 12.0. The summed E-state index contributed by atoms with van der Waals surface area (Å²) < 4.78 is 15.1. The largest absolute Gasteiger partial charge is 0.464 e. The first-order valence-electron chi connectivity index (χ1n) is 5.07. The third kappa shape index (κ3) is 3.54. The molecule has 0 aliphatic carbocycles. The summed E-state index contributed by atoms with van der Waals surface area (Å²) in [5.74, 6) is 2.11. The van der Waals surface area contributed by atoms with Crippen LogP contribution in [0.2, 0.25) is 0 Å². The SMILES string of the molecule is C#CC1(OCC(=O)OCCCC)COC1. The molecule has 0 aromatic heterocycles. The molecule has 1 rings (SSSR count). The maximum absolute atomic E-state index is 11.2. The number of terminal acetylenes is 1. The highest BCUT2D eigenvalue weighted by molar-refractivity contribution is 5.70. The average molecular weight is 212 g/mol. The van der Waals surface area contributed by atoms with Crippen LogP contribution in [-0.2, 0) is 19.0 Å². The molecule has 1 aliphatic heterocycles. The van der Waals surface area contributed by atoms with Gasteiger partial charge in [0.15, 0.2) is 5.60 Å². The average Bonchev–Trinajstić information content (AvgIpc) is 2.17. The smallest absolute Gasteiger partial charge is 0.332 e. The fraction of sp³-hybridized carbons (Fsp3) is 0.727. The lowest BCUT2D eigenvalue weighted by atomic mass is 10.0. The van der Waals surface area contributed by atoms with Crippen LogP contribution in [0.5, 0.6) is 0 Å². The van der Waals surface area contributed by atoms with E-state index in [-0.39, 0.29) is 12.6 Å². The van der Waals surface area contributed by atoms with Gasteiger partial charge in [0.05, 0.1) is 19.8 Å². The third-order valence-electron chi connectivity index (χ3n) is 2.16. The molecule has 0 spiro atoms. The molecule has 0 amide bonds. The van der Waals surface area contributed by atoms with Crippen molar-refractivity contribution in [1.29, 1.82) is 0 Å². The van der Waals surface area contributed by atoms with Crippen molar-refractivity contribution in [2.45, 2.75) is 25.4 Å². The number of hydrogen-bond donors (Lipinski definition) is 0. The molecule has 0 saturated carbocycles. The monoisotopic (exact) mass is 212 g/mol. The minimum atomic E-state index is -0.705. The van der Waals surface area contributed by atoms with Gasteiger partial charge in [0, 0.05) is 0 Å². The Labute approximate surface area is 89.9 Å². The summed E-state index contributed by atoms with van der Waals surface area (Å²) in [7, 11) is 0. The van der Waals surface area contributed by atoms with Gasteiger partial charge in [-0.05, 0) is 6.42 Å². The van der Waals surface area contributed by atoms with Crippen LogP contribution in [0.3, 0.4) is 0 Å². The second-order valence-electron chi connectivity index (χ2n) is 3.49. The van der Waals surface area contributed by atoms with Gasteiger partial charge >= 0.3 is 5.97 Å². The van der Waals surface area contributed by atoms with Gasteiger partial charge in [-0.1, -0.05) is 19.3 Å². The van der Waals surface area contributed by atoms with Gasteiger partial charge in [0.1, 0.15) is 6.61 Å². The molecule has 0 aromatic carbocycles. The summed E-state index contributed by atoms with van der Waals surface area (Å²) in [5, 5.41) is 0. The van der Waals surface area contributed by atoms with Crippen molar-refractivity contribution in [3.05, 3.63) is 0 Å². The number of ether oxygens (including phenoxy) is 3. The molecule has 0 bridgehead atoms. The van der Waals surface area contributed by atoms with E-state index in [1.165, 1.54) is 0 Å². The van der Waals surface area contributed by atoms with Gasteiger partial charge in [-0.3, -0.25) is 0 Å². The van der Waals surface area contributed by atoms with Gasteiger partial charge in [0.25, 0.3) is 0 Å². The van der Waals surface area contributed by atoms with Crippen LogP contribution in [0.25, 0.3) is 0 Å². The molecule has 0 aromatic rings. The Bertz CT molecular complexity index is 250. The number of carbonyl (C=O) groups excluding carboxylic acids is 1. The Morgan fingerprint density at radius 2 is 2.33 bits per heavy atom. The molecule has 1 heterocycles. The van der Waals surface area contributed by atoms with E-state index < -0.39 is 5.60 Å². The zero-order valence-corrected chi connectivity index (χ0v) is 8.95. The summed E-state index contributed by atoms with van der Waals surface area (Å²) >= 11 is 0. The normalized spacial score (nSPS) is 17.6. The molecule has 0 radical (unpaired) electrons. The van der Waals surface area contributed by atoms with Crippen LogP contribution >= 0.6 is 0 Å². The Balaban J connectivity index is 2.14. The van der Waals surface area contributed by atoms with E-state index in [1.807, 2.05) is 6.92 Å². The van der Waals surface area contributed by atoms with Crippen molar-refractivity contribution in [1.82, 2.24) is 0 Å². The van der Waals surface area contributed by atoms with Gasteiger partial charge in [-0.25, -0.2) is 4.79 Å². The van der Waals surface area contributed by atoms with E-state index in [0.717, 1.165) is 12.8 Å². The minimum Gasteiger partial charge on any atom is -0.464 e. The Morgan fingerprint density at radius 3 is 2.80 bits per heavy atom. The van der Waals surface area contributed by atoms with E-state index in [4.69, 9.17) is 20.6 Å². The number of unbranched alkanes of at least 4 members (excludes halogenated alkanes) is 1. The quantitative estimate of drug-likeness (QED) is 0.370. The number of hydrogen-bond acceptors (Lipinski definition) is 4. The predicted molar refractivity (Wildman–Crippen MR) is 54.2 cm³/mol. The summed E-state index contributed by atoms with van der Waals surface area (Å²) in [6.45, 7) is 3.08. The molecule has 0 unspecified atom stereocenters. The molecule has 1 fully saturated rings. The van der Waals surface area contributed by atoms with Crippen molar-refractivity contribution < 1.29 is 19.0 Å². The van der Waals surface area contributed by atoms with Crippen LogP contribution in [-0.4, -0.2) is 38.0 Å². The molecular weight excluding hydrogens is 196 g/mol. The Morgan fingerprint density at radius 1 is 1.60 bits per heavy atom. The predicted octanol–water partition coefficient (Wildman–Crippen LogP) is 0.748. The topological polar surface area (TPSA) is 44.8 Å². The molecule has 1 aliphatic rings. The van der Waals surface area contributed by atoms with E-state index in [9.17, 15) is 4.79 Å². The second kappa shape index (κ2) is 5.74. The lowest BCUT2D eigenvalue weighted by Gasteiger charge is -2.35. The van der Waals surface area contributed by atoms with Crippen LogP contribution in [0.4, 0.5) is 0 Å². The van der Waals surface area contributed by atoms with Crippen molar-refractivity contribution in [3.63, 3.8) is 0 Å². The van der Waals surface area contributed by atoms with Crippen molar-refractivity contribution in [2.24, 2.45) is 0 Å². The lowest BCUT2D eigenvalue weighted by Crippen LogP contribution is -2.51. The minimum absolute atomic E-state index is 0.0999. The number of rotatable bonds is 6. The zero-order valence-electron chi connectivity index (χ0n) is 8.95. The molecule has 1 saturated heterocycles. The number of carbonyl (C=O) groups is 1. The molecule has 0 N–H and O–H groups in total. The van der Waals surface area contributed by atoms with Crippen molar-refractivity contribution >= 4 is 5.97 Å².